The lowest BCUT2D eigenvalue weighted by atomic mass is 10.0. The average molecular weight is 251 g/mol. The molecule has 1 aromatic heterocycles. The van der Waals surface area contributed by atoms with Crippen molar-refractivity contribution in [2.24, 2.45) is 12.8 Å². The third-order valence-corrected chi connectivity index (χ3v) is 4.00. The van der Waals surface area contributed by atoms with Gasteiger partial charge in [-0.25, -0.2) is 0 Å². The molecule has 1 fully saturated rings. The fourth-order valence-corrected chi connectivity index (χ4v) is 2.82. The molecule has 1 aliphatic rings. The van der Waals surface area contributed by atoms with Crippen molar-refractivity contribution in [2.75, 3.05) is 33.7 Å². The zero-order valence-electron chi connectivity index (χ0n) is 11.7. The summed E-state index contributed by atoms with van der Waals surface area (Å²) in [7, 11) is 6.29. The Morgan fingerprint density at radius 3 is 2.56 bits per heavy atom. The Kier molecular flexibility index (Phi) is 4.37. The van der Waals surface area contributed by atoms with E-state index in [2.05, 4.69) is 35.2 Å². The third-order valence-electron chi connectivity index (χ3n) is 4.00. The molecule has 2 rings (SSSR count). The SMILES string of the molecule is CN(C)C1CCN(C(CN)c2cnn(C)c2)CC1. The Morgan fingerprint density at radius 1 is 1.44 bits per heavy atom. The summed E-state index contributed by atoms with van der Waals surface area (Å²) in [5.41, 5.74) is 7.19. The lowest BCUT2D eigenvalue weighted by Gasteiger charge is -2.38. The highest BCUT2D eigenvalue weighted by Gasteiger charge is 2.26. The van der Waals surface area contributed by atoms with Crippen molar-refractivity contribution in [2.45, 2.75) is 24.9 Å². The maximum Gasteiger partial charge on any atom is 0.0538 e. The molecule has 0 bridgehead atoms. The molecule has 18 heavy (non-hydrogen) atoms. The van der Waals surface area contributed by atoms with Gasteiger partial charge in [0.05, 0.1) is 12.2 Å². The van der Waals surface area contributed by atoms with Crippen molar-refractivity contribution in [3.63, 3.8) is 0 Å². The minimum Gasteiger partial charge on any atom is -0.329 e. The van der Waals surface area contributed by atoms with Gasteiger partial charge < -0.3 is 10.6 Å². The standard InChI is InChI=1S/C13H25N5/c1-16(2)12-4-6-18(7-5-12)13(8-14)11-9-15-17(3)10-11/h9-10,12-13H,4-8,14H2,1-3H3. The largest absolute Gasteiger partial charge is 0.329 e. The Balaban J connectivity index is 1.98. The normalized spacial score (nSPS) is 20.5. The highest BCUT2D eigenvalue weighted by Crippen LogP contribution is 2.24. The zero-order valence-corrected chi connectivity index (χ0v) is 11.7. The third kappa shape index (κ3) is 2.91. The van der Waals surface area contributed by atoms with Crippen LogP contribution in [0.15, 0.2) is 12.4 Å². The van der Waals surface area contributed by atoms with Crippen LogP contribution in [0, 0.1) is 0 Å². The van der Waals surface area contributed by atoms with Crippen molar-refractivity contribution in [1.82, 2.24) is 19.6 Å². The quantitative estimate of drug-likeness (QED) is 0.844. The Bertz CT molecular complexity index is 365. The lowest BCUT2D eigenvalue weighted by Crippen LogP contribution is -2.44. The molecule has 0 spiro atoms. The smallest absolute Gasteiger partial charge is 0.0538 e. The van der Waals surface area contributed by atoms with E-state index in [1.165, 1.54) is 18.4 Å². The molecule has 5 heteroatoms. The van der Waals surface area contributed by atoms with Gasteiger partial charge in [-0.2, -0.15) is 5.10 Å². The Hall–Kier alpha value is -0.910. The number of aryl methyl sites for hydroxylation is 1. The molecule has 1 aliphatic heterocycles. The summed E-state index contributed by atoms with van der Waals surface area (Å²) in [6.45, 7) is 2.91. The van der Waals surface area contributed by atoms with E-state index in [1.807, 2.05) is 17.9 Å². The number of hydrogen-bond donors (Lipinski definition) is 1. The van der Waals surface area contributed by atoms with Crippen LogP contribution in [0.2, 0.25) is 0 Å². The van der Waals surface area contributed by atoms with E-state index in [4.69, 9.17) is 5.73 Å². The van der Waals surface area contributed by atoms with E-state index >= 15 is 0 Å². The zero-order chi connectivity index (χ0) is 13.1. The van der Waals surface area contributed by atoms with E-state index in [-0.39, 0.29) is 0 Å². The van der Waals surface area contributed by atoms with Crippen molar-refractivity contribution in [1.29, 1.82) is 0 Å². The molecule has 2 N–H and O–H groups in total. The van der Waals surface area contributed by atoms with Gasteiger partial charge in [0.1, 0.15) is 0 Å². The second-order valence-corrected chi connectivity index (χ2v) is 5.43. The fraction of sp³-hybridized carbons (Fsp3) is 0.769. The van der Waals surface area contributed by atoms with Gasteiger partial charge in [0.2, 0.25) is 0 Å². The van der Waals surface area contributed by atoms with E-state index in [1.54, 1.807) is 0 Å². The van der Waals surface area contributed by atoms with E-state index in [0.717, 1.165) is 13.1 Å². The molecule has 5 nitrogen and oxygen atoms in total. The molecule has 1 unspecified atom stereocenters. The Labute approximate surface area is 110 Å². The van der Waals surface area contributed by atoms with Crippen LogP contribution in [0.4, 0.5) is 0 Å². The number of aromatic nitrogens is 2. The van der Waals surface area contributed by atoms with Crippen molar-refractivity contribution in [3.8, 4) is 0 Å². The number of nitrogens with zero attached hydrogens (tertiary/aromatic N) is 4. The first-order valence-electron chi connectivity index (χ1n) is 6.71. The minimum absolute atomic E-state index is 0.321. The van der Waals surface area contributed by atoms with Crippen LogP contribution < -0.4 is 5.73 Å². The second kappa shape index (κ2) is 5.82. The number of nitrogens with two attached hydrogens (primary N) is 1. The molecule has 1 aromatic rings. The monoisotopic (exact) mass is 251 g/mol. The predicted octanol–water partition coefficient (Wildman–Crippen LogP) is 0.446. The number of piperidine rings is 1. The minimum atomic E-state index is 0.321. The molecule has 1 atom stereocenters. The van der Waals surface area contributed by atoms with Crippen LogP contribution in [0.3, 0.4) is 0 Å². The molecule has 0 saturated carbocycles. The van der Waals surface area contributed by atoms with Gasteiger partial charge in [0.15, 0.2) is 0 Å². The molecule has 0 aliphatic carbocycles. The lowest BCUT2D eigenvalue weighted by molar-refractivity contribution is 0.111. The summed E-state index contributed by atoms with van der Waals surface area (Å²) < 4.78 is 1.85. The number of hydrogen-bond acceptors (Lipinski definition) is 4. The number of likely N-dealkylation sites (tertiary alicyclic amines) is 1. The summed E-state index contributed by atoms with van der Waals surface area (Å²) in [4.78, 5) is 4.83. The number of rotatable bonds is 4. The van der Waals surface area contributed by atoms with E-state index in [0.29, 0.717) is 18.6 Å². The van der Waals surface area contributed by atoms with Crippen LogP contribution >= 0.6 is 0 Å². The maximum absolute atomic E-state index is 5.95. The molecule has 0 radical (unpaired) electrons. The summed E-state index contributed by atoms with van der Waals surface area (Å²) in [5.74, 6) is 0. The van der Waals surface area contributed by atoms with Crippen LogP contribution in [0.25, 0.3) is 0 Å². The summed E-state index contributed by atoms with van der Waals surface area (Å²) in [5, 5.41) is 4.25. The van der Waals surface area contributed by atoms with Gasteiger partial charge in [-0.1, -0.05) is 0 Å². The average Bonchev–Trinajstić information content (AvgIpc) is 2.77. The highest BCUT2D eigenvalue weighted by atomic mass is 15.3. The van der Waals surface area contributed by atoms with Gasteiger partial charge in [-0.15, -0.1) is 0 Å². The summed E-state index contributed by atoms with van der Waals surface area (Å²) in [6, 6.07) is 1.04. The van der Waals surface area contributed by atoms with Crippen LogP contribution in [-0.4, -0.2) is 59.4 Å². The van der Waals surface area contributed by atoms with Gasteiger partial charge in [-0.3, -0.25) is 9.58 Å². The Morgan fingerprint density at radius 2 is 2.11 bits per heavy atom. The molecular formula is C13H25N5. The van der Waals surface area contributed by atoms with Gasteiger partial charge >= 0.3 is 0 Å². The van der Waals surface area contributed by atoms with Gasteiger partial charge in [0.25, 0.3) is 0 Å². The van der Waals surface area contributed by atoms with Crippen LogP contribution in [-0.2, 0) is 7.05 Å². The topological polar surface area (TPSA) is 50.3 Å². The second-order valence-electron chi connectivity index (χ2n) is 5.43. The first kappa shape index (κ1) is 13.5. The van der Waals surface area contributed by atoms with E-state index in [9.17, 15) is 0 Å². The van der Waals surface area contributed by atoms with Crippen LogP contribution in [0.5, 0.6) is 0 Å². The molecule has 2 heterocycles. The highest BCUT2D eigenvalue weighted by molar-refractivity contribution is 5.11. The van der Waals surface area contributed by atoms with E-state index < -0.39 is 0 Å². The summed E-state index contributed by atoms with van der Waals surface area (Å²) >= 11 is 0. The van der Waals surface area contributed by atoms with Crippen molar-refractivity contribution in [3.05, 3.63) is 18.0 Å². The molecule has 102 valence electrons. The molecule has 1 saturated heterocycles. The first-order valence-corrected chi connectivity index (χ1v) is 6.71. The maximum atomic E-state index is 5.95. The van der Waals surface area contributed by atoms with Crippen molar-refractivity contribution < 1.29 is 0 Å². The first-order chi connectivity index (χ1) is 8.61. The molecular weight excluding hydrogens is 226 g/mol. The predicted molar refractivity (Wildman–Crippen MR) is 73.3 cm³/mol. The van der Waals surface area contributed by atoms with Gasteiger partial charge in [-0.05, 0) is 26.9 Å². The fourth-order valence-electron chi connectivity index (χ4n) is 2.82. The summed E-state index contributed by atoms with van der Waals surface area (Å²) in [6.07, 6.45) is 6.47. The molecule has 0 aromatic carbocycles. The van der Waals surface area contributed by atoms with Gasteiger partial charge in [0, 0.05) is 44.5 Å². The van der Waals surface area contributed by atoms with Crippen LogP contribution in [0.1, 0.15) is 24.4 Å². The van der Waals surface area contributed by atoms with Crippen molar-refractivity contribution >= 4 is 0 Å². The molecule has 0 amide bonds.